The molecule has 0 saturated heterocycles. The fourth-order valence-electron chi connectivity index (χ4n) is 3.19. The Bertz CT molecular complexity index is 770. The van der Waals surface area contributed by atoms with Gasteiger partial charge in [0.05, 0.1) is 29.4 Å². The average Bonchev–Trinajstić information content (AvgIpc) is 3.14. The molecule has 2 atom stereocenters. The maximum absolute atomic E-state index is 12.5. The number of aromatic amines is 1. The second-order valence-corrected chi connectivity index (χ2v) is 6.22. The summed E-state index contributed by atoms with van der Waals surface area (Å²) in [4.78, 5) is 24.5. The number of aromatic nitrogens is 3. The first-order valence-corrected chi connectivity index (χ1v) is 7.81. The van der Waals surface area contributed by atoms with Crippen molar-refractivity contribution in [2.75, 3.05) is 0 Å². The van der Waals surface area contributed by atoms with E-state index in [0.29, 0.717) is 22.6 Å². The first-order valence-electron chi connectivity index (χ1n) is 7.81. The van der Waals surface area contributed by atoms with Gasteiger partial charge in [-0.2, -0.15) is 5.26 Å². The molecule has 6 heteroatoms. The number of rotatable bonds is 3. The normalized spacial score (nSPS) is 24.3. The summed E-state index contributed by atoms with van der Waals surface area (Å²) < 4.78 is 0. The van der Waals surface area contributed by atoms with Crippen molar-refractivity contribution >= 4 is 17.1 Å². The van der Waals surface area contributed by atoms with Crippen LogP contribution < -0.4 is 5.32 Å². The lowest BCUT2D eigenvalue weighted by molar-refractivity contribution is 0.0934. The van der Waals surface area contributed by atoms with E-state index in [-0.39, 0.29) is 17.9 Å². The summed E-state index contributed by atoms with van der Waals surface area (Å²) in [7, 11) is 0. The minimum atomic E-state index is -0.166. The fourth-order valence-corrected chi connectivity index (χ4v) is 3.19. The van der Waals surface area contributed by atoms with Crippen LogP contribution in [0.15, 0.2) is 12.4 Å². The van der Waals surface area contributed by atoms with E-state index in [1.807, 2.05) is 0 Å². The van der Waals surface area contributed by atoms with Gasteiger partial charge in [0.15, 0.2) is 5.65 Å². The molecule has 0 radical (unpaired) electrons. The van der Waals surface area contributed by atoms with Gasteiger partial charge in [-0.15, -0.1) is 0 Å². The number of hydrogen-bond donors (Lipinski definition) is 2. The van der Waals surface area contributed by atoms with Crippen LogP contribution in [0.25, 0.3) is 11.2 Å². The maximum Gasteiger partial charge on any atom is 0.255 e. The van der Waals surface area contributed by atoms with E-state index in [4.69, 9.17) is 5.26 Å². The average molecular weight is 295 g/mol. The molecule has 2 aliphatic rings. The highest BCUT2D eigenvalue weighted by Gasteiger charge is 2.30. The number of H-pyrrole nitrogens is 1. The smallest absolute Gasteiger partial charge is 0.255 e. The van der Waals surface area contributed by atoms with Gasteiger partial charge in [0.2, 0.25) is 0 Å². The van der Waals surface area contributed by atoms with Crippen molar-refractivity contribution in [1.82, 2.24) is 20.3 Å². The molecule has 2 fully saturated rings. The molecule has 2 aromatic rings. The highest BCUT2D eigenvalue weighted by Crippen LogP contribution is 2.39. The van der Waals surface area contributed by atoms with Gasteiger partial charge in [-0.3, -0.25) is 4.79 Å². The summed E-state index contributed by atoms with van der Waals surface area (Å²) in [5.74, 6) is 0.253. The summed E-state index contributed by atoms with van der Waals surface area (Å²) >= 11 is 0. The van der Waals surface area contributed by atoms with Gasteiger partial charge in [0.25, 0.3) is 5.91 Å². The summed E-state index contributed by atoms with van der Waals surface area (Å²) in [6, 6.07) is 2.23. The van der Waals surface area contributed by atoms with Crippen molar-refractivity contribution in [2.24, 2.45) is 5.92 Å². The van der Waals surface area contributed by atoms with Crippen LogP contribution in [-0.2, 0) is 0 Å². The third-order valence-corrected chi connectivity index (χ3v) is 4.64. The number of nitrogens with one attached hydrogen (secondary N) is 2. The monoisotopic (exact) mass is 295 g/mol. The number of amides is 1. The van der Waals surface area contributed by atoms with Crippen molar-refractivity contribution in [3.8, 4) is 6.07 Å². The van der Waals surface area contributed by atoms with Gasteiger partial charge in [-0.25, -0.2) is 9.97 Å². The van der Waals surface area contributed by atoms with Crippen molar-refractivity contribution < 1.29 is 4.79 Å². The second kappa shape index (κ2) is 5.09. The Labute approximate surface area is 128 Å². The van der Waals surface area contributed by atoms with E-state index in [1.54, 1.807) is 12.4 Å². The van der Waals surface area contributed by atoms with Crippen molar-refractivity contribution in [3.63, 3.8) is 0 Å². The lowest BCUT2D eigenvalue weighted by Crippen LogP contribution is -2.36. The van der Waals surface area contributed by atoms with Gasteiger partial charge in [-0.1, -0.05) is 0 Å². The van der Waals surface area contributed by atoms with Crippen molar-refractivity contribution in [1.29, 1.82) is 5.26 Å². The van der Waals surface area contributed by atoms with Crippen molar-refractivity contribution in [2.45, 2.75) is 44.1 Å². The molecule has 6 nitrogen and oxygen atoms in total. The van der Waals surface area contributed by atoms with E-state index in [0.717, 1.165) is 37.8 Å². The Kier molecular flexibility index (Phi) is 3.07. The molecule has 0 unspecified atom stereocenters. The topological polar surface area (TPSA) is 94.5 Å². The third kappa shape index (κ3) is 2.23. The van der Waals surface area contributed by atoms with E-state index >= 15 is 0 Å². The quantitative estimate of drug-likeness (QED) is 0.908. The minimum absolute atomic E-state index is 0.0537. The molecule has 2 saturated carbocycles. The van der Waals surface area contributed by atoms with Gasteiger partial charge < -0.3 is 10.3 Å². The van der Waals surface area contributed by atoms with Crippen LogP contribution in [0.4, 0.5) is 0 Å². The highest BCUT2D eigenvalue weighted by molar-refractivity contribution is 6.04. The van der Waals surface area contributed by atoms with Crippen LogP contribution in [0, 0.1) is 17.2 Å². The van der Waals surface area contributed by atoms with Crippen LogP contribution in [0.1, 0.15) is 54.1 Å². The Morgan fingerprint density at radius 2 is 2.23 bits per heavy atom. The van der Waals surface area contributed by atoms with Gasteiger partial charge in [0, 0.05) is 18.2 Å². The van der Waals surface area contributed by atoms with Crippen LogP contribution in [-0.4, -0.2) is 26.9 Å². The molecule has 0 bridgehead atoms. The Morgan fingerprint density at radius 1 is 1.36 bits per heavy atom. The molecule has 0 aromatic carbocycles. The van der Waals surface area contributed by atoms with E-state index < -0.39 is 0 Å². The van der Waals surface area contributed by atoms with E-state index in [1.165, 1.54) is 0 Å². The Morgan fingerprint density at radius 3 is 3.00 bits per heavy atom. The molecule has 0 aliphatic heterocycles. The Balaban J connectivity index is 1.61. The standard InChI is InChI=1S/C16H17N5O/c17-6-10-2-1-3-12(10)21-16(22)11-7-18-15-14(11)20-13(8-19-15)9-4-5-9/h7-10,12H,1-5H2,(H,18,19)(H,21,22)/t10-,12-/m0/s1. The molecule has 2 heterocycles. The fraction of sp³-hybridized carbons (Fsp3) is 0.500. The molecular formula is C16H17N5O. The zero-order valence-corrected chi connectivity index (χ0v) is 12.2. The number of carbonyl (C=O) groups is 1. The van der Waals surface area contributed by atoms with Crippen LogP contribution in [0.3, 0.4) is 0 Å². The third-order valence-electron chi connectivity index (χ3n) is 4.64. The minimum Gasteiger partial charge on any atom is -0.348 e. The summed E-state index contributed by atoms with van der Waals surface area (Å²) in [6.07, 6.45) is 8.47. The number of hydrogen-bond acceptors (Lipinski definition) is 4. The van der Waals surface area contributed by atoms with Crippen LogP contribution in [0.2, 0.25) is 0 Å². The molecule has 4 rings (SSSR count). The molecule has 1 amide bonds. The Hall–Kier alpha value is -2.42. The summed E-state index contributed by atoms with van der Waals surface area (Å²) in [5, 5.41) is 12.1. The van der Waals surface area contributed by atoms with Crippen LogP contribution >= 0.6 is 0 Å². The largest absolute Gasteiger partial charge is 0.348 e. The van der Waals surface area contributed by atoms with Gasteiger partial charge >= 0.3 is 0 Å². The van der Waals surface area contributed by atoms with E-state index in [9.17, 15) is 4.79 Å². The zero-order chi connectivity index (χ0) is 15.1. The number of nitriles is 1. The van der Waals surface area contributed by atoms with E-state index in [2.05, 4.69) is 26.3 Å². The van der Waals surface area contributed by atoms with Gasteiger partial charge in [-0.05, 0) is 32.1 Å². The molecule has 112 valence electrons. The molecule has 22 heavy (non-hydrogen) atoms. The number of carbonyl (C=O) groups excluding carboxylic acids is 1. The first-order chi connectivity index (χ1) is 10.8. The highest BCUT2D eigenvalue weighted by atomic mass is 16.1. The molecule has 2 aromatic heterocycles. The maximum atomic E-state index is 12.5. The molecule has 2 aliphatic carbocycles. The van der Waals surface area contributed by atoms with Gasteiger partial charge in [0.1, 0.15) is 5.52 Å². The molecule has 2 N–H and O–H groups in total. The zero-order valence-electron chi connectivity index (χ0n) is 12.2. The summed E-state index contributed by atoms with van der Waals surface area (Å²) in [5.41, 5.74) is 2.76. The van der Waals surface area contributed by atoms with Crippen molar-refractivity contribution in [3.05, 3.63) is 23.7 Å². The van der Waals surface area contributed by atoms with Crippen LogP contribution in [0.5, 0.6) is 0 Å². The second-order valence-electron chi connectivity index (χ2n) is 6.22. The number of nitrogens with zero attached hydrogens (tertiary/aromatic N) is 3. The predicted octanol–water partition coefficient (Wildman–Crippen LogP) is 2.26. The molecular weight excluding hydrogens is 278 g/mol. The summed E-state index contributed by atoms with van der Waals surface area (Å²) in [6.45, 7) is 0. The predicted molar refractivity (Wildman–Crippen MR) is 80.1 cm³/mol. The first kappa shape index (κ1) is 13.3. The SMILES string of the molecule is N#C[C@@H]1CCC[C@@H]1NC(=O)c1c[nH]c2ncc(C3CC3)nc12. The lowest BCUT2D eigenvalue weighted by atomic mass is 10.1. The molecule has 0 spiro atoms. The number of fused-ring (bicyclic) bond motifs is 1. The lowest BCUT2D eigenvalue weighted by Gasteiger charge is -2.15.